The summed E-state index contributed by atoms with van der Waals surface area (Å²) in [6, 6.07) is 9.44. The minimum absolute atomic E-state index is 0.436. The maximum atomic E-state index is 5.95. The highest BCUT2D eigenvalue weighted by atomic mass is 16.5. The van der Waals surface area contributed by atoms with Crippen LogP contribution >= 0.6 is 0 Å². The summed E-state index contributed by atoms with van der Waals surface area (Å²) in [7, 11) is 1.65. The lowest BCUT2D eigenvalue weighted by molar-refractivity contribution is 0.255. The van der Waals surface area contributed by atoms with E-state index in [1.54, 1.807) is 19.5 Å². The predicted molar refractivity (Wildman–Crippen MR) is 108 cm³/mol. The van der Waals surface area contributed by atoms with Crippen molar-refractivity contribution in [2.24, 2.45) is 10.7 Å². The van der Waals surface area contributed by atoms with Gasteiger partial charge in [-0.1, -0.05) is 0 Å². The Bertz CT molecular complexity index is 713. The van der Waals surface area contributed by atoms with Crippen LogP contribution in [-0.4, -0.2) is 67.2 Å². The molecule has 1 aromatic carbocycles. The summed E-state index contributed by atoms with van der Waals surface area (Å²) in [5, 5.41) is 3.09. The molecule has 1 saturated heterocycles. The van der Waals surface area contributed by atoms with Crippen LogP contribution in [0, 0.1) is 0 Å². The Hall–Kier alpha value is -2.87. The van der Waals surface area contributed by atoms with Crippen LogP contribution in [0.2, 0.25) is 0 Å². The molecule has 8 nitrogen and oxygen atoms in total. The maximum absolute atomic E-state index is 5.95. The Kier molecular flexibility index (Phi) is 6.81. The summed E-state index contributed by atoms with van der Waals surface area (Å²) in [5.41, 5.74) is 6.85. The number of benzene rings is 1. The van der Waals surface area contributed by atoms with Crippen LogP contribution in [0.25, 0.3) is 0 Å². The number of rotatable bonds is 7. The van der Waals surface area contributed by atoms with Crippen LogP contribution in [-0.2, 0) is 0 Å². The summed E-state index contributed by atoms with van der Waals surface area (Å²) in [4.78, 5) is 17.7. The normalized spacial score (nSPS) is 15.6. The number of ether oxygens (including phenoxy) is 1. The van der Waals surface area contributed by atoms with Gasteiger partial charge in [-0.3, -0.25) is 9.89 Å². The number of nitrogens with two attached hydrogens (primary N) is 1. The number of methoxy groups -OCH3 is 1. The summed E-state index contributed by atoms with van der Waals surface area (Å²) in [6.07, 6.45) is 4.56. The molecule has 0 spiro atoms. The minimum Gasteiger partial charge on any atom is -0.497 e. The van der Waals surface area contributed by atoms with Crippen molar-refractivity contribution >= 4 is 17.6 Å². The molecule has 27 heavy (non-hydrogen) atoms. The zero-order chi connectivity index (χ0) is 18.9. The van der Waals surface area contributed by atoms with Crippen molar-refractivity contribution in [1.82, 2.24) is 14.9 Å². The van der Waals surface area contributed by atoms with E-state index in [9.17, 15) is 0 Å². The van der Waals surface area contributed by atoms with E-state index in [4.69, 9.17) is 10.5 Å². The largest absolute Gasteiger partial charge is 0.497 e. The molecule has 0 atom stereocenters. The van der Waals surface area contributed by atoms with Crippen molar-refractivity contribution in [1.29, 1.82) is 0 Å². The SMILES string of the molecule is COc1ccc(NC(N)=NCCCN2CCN(c3ncccn3)CC2)cc1. The van der Waals surface area contributed by atoms with Crippen LogP contribution < -0.4 is 20.7 Å². The predicted octanol–water partition coefficient (Wildman–Crippen LogP) is 1.42. The zero-order valence-electron chi connectivity index (χ0n) is 15.7. The van der Waals surface area contributed by atoms with Gasteiger partial charge in [0.15, 0.2) is 5.96 Å². The Morgan fingerprint density at radius 1 is 1.15 bits per heavy atom. The van der Waals surface area contributed by atoms with Gasteiger partial charge in [-0.25, -0.2) is 9.97 Å². The minimum atomic E-state index is 0.436. The summed E-state index contributed by atoms with van der Waals surface area (Å²) in [5.74, 6) is 2.07. The van der Waals surface area contributed by atoms with Gasteiger partial charge in [-0.15, -0.1) is 0 Å². The fourth-order valence-corrected chi connectivity index (χ4v) is 2.98. The number of piperazine rings is 1. The second-order valence-electron chi connectivity index (χ2n) is 6.35. The van der Waals surface area contributed by atoms with Crippen molar-refractivity contribution in [2.45, 2.75) is 6.42 Å². The van der Waals surface area contributed by atoms with Gasteiger partial charge in [-0.2, -0.15) is 0 Å². The molecular formula is C19H27N7O. The number of nitrogens with zero attached hydrogens (tertiary/aromatic N) is 5. The average Bonchev–Trinajstić information content (AvgIpc) is 2.73. The lowest BCUT2D eigenvalue weighted by Crippen LogP contribution is -2.47. The van der Waals surface area contributed by atoms with Crippen LogP contribution in [0.1, 0.15) is 6.42 Å². The highest BCUT2D eigenvalue weighted by Crippen LogP contribution is 2.14. The van der Waals surface area contributed by atoms with E-state index in [2.05, 4.69) is 30.1 Å². The molecule has 0 amide bonds. The van der Waals surface area contributed by atoms with E-state index in [1.807, 2.05) is 30.3 Å². The van der Waals surface area contributed by atoms with Crippen LogP contribution in [0.4, 0.5) is 11.6 Å². The molecule has 8 heteroatoms. The monoisotopic (exact) mass is 369 g/mol. The molecule has 3 rings (SSSR count). The third kappa shape index (κ3) is 5.82. The third-order valence-corrected chi connectivity index (χ3v) is 4.48. The van der Waals surface area contributed by atoms with E-state index in [0.717, 1.165) is 56.5 Å². The van der Waals surface area contributed by atoms with Gasteiger partial charge in [0.05, 0.1) is 7.11 Å². The summed E-state index contributed by atoms with van der Waals surface area (Å²) >= 11 is 0. The zero-order valence-corrected chi connectivity index (χ0v) is 15.7. The molecule has 1 fully saturated rings. The molecule has 144 valence electrons. The van der Waals surface area contributed by atoms with Gasteiger partial charge in [0, 0.05) is 57.3 Å². The number of anilines is 2. The molecule has 0 unspecified atom stereocenters. The van der Waals surface area contributed by atoms with E-state index in [-0.39, 0.29) is 0 Å². The highest BCUT2D eigenvalue weighted by molar-refractivity contribution is 5.92. The van der Waals surface area contributed by atoms with Gasteiger partial charge in [0.25, 0.3) is 0 Å². The molecule has 2 heterocycles. The Labute approximate surface area is 160 Å². The van der Waals surface area contributed by atoms with Crippen LogP contribution in [0.15, 0.2) is 47.7 Å². The first-order chi connectivity index (χ1) is 13.2. The Morgan fingerprint density at radius 3 is 2.52 bits per heavy atom. The van der Waals surface area contributed by atoms with Crippen molar-refractivity contribution in [2.75, 3.05) is 56.6 Å². The molecule has 0 radical (unpaired) electrons. The molecule has 0 bridgehead atoms. The fraction of sp³-hybridized carbons (Fsp3) is 0.421. The van der Waals surface area contributed by atoms with E-state index >= 15 is 0 Å². The number of guanidine groups is 1. The van der Waals surface area contributed by atoms with Gasteiger partial charge < -0.3 is 20.7 Å². The van der Waals surface area contributed by atoms with Crippen molar-refractivity contribution in [3.8, 4) is 5.75 Å². The van der Waals surface area contributed by atoms with Crippen LogP contribution in [0.3, 0.4) is 0 Å². The lowest BCUT2D eigenvalue weighted by atomic mass is 10.3. The van der Waals surface area contributed by atoms with Crippen molar-refractivity contribution < 1.29 is 4.74 Å². The van der Waals surface area contributed by atoms with Gasteiger partial charge in [0.1, 0.15) is 5.75 Å². The third-order valence-electron chi connectivity index (χ3n) is 4.48. The van der Waals surface area contributed by atoms with Gasteiger partial charge in [0.2, 0.25) is 5.95 Å². The first kappa shape index (κ1) is 18.9. The highest BCUT2D eigenvalue weighted by Gasteiger charge is 2.17. The lowest BCUT2D eigenvalue weighted by Gasteiger charge is -2.34. The molecule has 1 aliphatic heterocycles. The standard InChI is InChI=1S/C19H27N7O/c1-27-17-6-4-16(5-7-17)24-18(20)21-10-3-11-25-12-14-26(15-13-25)19-22-8-2-9-23-19/h2,4-9H,3,10-15H2,1H3,(H3,20,21,24). The number of aromatic nitrogens is 2. The number of nitrogens with one attached hydrogen (secondary N) is 1. The molecule has 1 aliphatic rings. The average molecular weight is 369 g/mol. The Balaban J connectivity index is 1.34. The van der Waals surface area contributed by atoms with E-state index in [1.165, 1.54) is 0 Å². The molecule has 3 N–H and O–H groups in total. The summed E-state index contributed by atoms with van der Waals surface area (Å²) < 4.78 is 5.14. The summed E-state index contributed by atoms with van der Waals surface area (Å²) in [6.45, 7) is 5.66. The molecule has 0 saturated carbocycles. The fourth-order valence-electron chi connectivity index (χ4n) is 2.98. The molecule has 0 aliphatic carbocycles. The number of aliphatic imine (C=N–C) groups is 1. The number of hydrogen-bond donors (Lipinski definition) is 2. The Morgan fingerprint density at radius 2 is 1.85 bits per heavy atom. The van der Waals surface area contributed by atoms with E-state index < -0.39 is 0 Å². The van der Waals surface area contributed by atoms with Crippen molar-refractivity contribution in [3.63, 3.8) is 0 Å². The molecular weight excluding hydrogens is 342 g/mol. The van der Waals surface area contributed by atoms with Crippen LogP contribution in [0.5, 0.6) is 5.75 Å². The van der Waals surface area contributed by atoms with Gasteiger partial charge in [-0.05, 0) is 36.8 Å². The van der Waals surface area contributed by atoms with E-state index in [0.29, 0.717) is 12.5 Å². The first-order valence-electron chi connectivity index (χ1n) is 9.20. The quantitative estimate of drug-likeness (QED) is 0.433. The second-order valence-corrected chi connectivity index (χ2v) is 6.35. The van der Waals surface area contributed by atoms with Crippen molar-refractivity contribution in [3.05, 3.63) is 42.7 Å². The first-order valence-corrected chi connectivity index (χ1v) is 9.20. The molecule has 2 aromatic rings. The topological polar surface area (TPSA) is 91.9 Å². The smallest absolute Gasteiger partial charge is 0.225 e. The number of hydrogen-bond acceptors (Lipinski definition) is 6. The second kappa shape index (κ2) is 9.72. The molecule has 1 aromatic heterocycles. The van der Waals surface area contributed by atoms with Gasteiger partial charge >= 0.3 is 0 Å². The maximum Gasteiger partial charge on any atom is 0.225 e.